The van der Waals surface area contributed by atoms with Crippen molar-refractivity contribution in [3.8, 4) is 0 Å². The van der Waals surface area contributed by atoms with Gasteiger partial charge in [0.05, 0.1) is 12.2 Å². The Kier molecular flexibility index (Phi) is 4.75. The van der Waals surface area contributed by atoms with Crippen molar-refractivity contribution in [1.29, 1.82) is 0 Å². The first-order chi connectivity index (χ1) is 11.8. The molecule has 1 aliphatic carbocycles. The maximum Gasteiger partial charge on any atom is 0.272 e. The summed E-state index contributed by atoms with van der Waals surface area (Å²) >= 11 is 0. The molecule has 0 radical (unpaired) electrons. The van der Waals surface area contributed by atoms with Gasteiger partial charge in [0.1, 0.15) is 5.71 Å². The smallest absolute Gasteiger partial charge is 0.272 e. The molecule has 134 valence electrons. The van der Waals surface area contributed by atoms with Gasteiger partial charge in [-0.05, 0) is 24.5 Å². The lowest BCUT2D eigenvalue weighted by molar-refractivity contribution is -0.126. The molecule has 0 aromatic rings. The Morgan fingerprint density at radius 3 is 2.60 bits per heavy atom. The summed E-state index contributed by atoms with van der Waals surface area (Å²) in [5, 5.41) is 0. The van der Waals surface area contributed by atoms with Gasteiger partial charge >= 0.3 is 0 Å². The van der Waals surface area contributed by atoms with Gasteiger partial charge in [-0.15, -0.1) is 0 Å². The number of sulfonamides is 1. The van der Waals surface area contributed by atoms with E-state index in [0.717, 1.165) is 5.57 Å². The van der Waals surface area contributed by atoms with Crippen LogP contribution in [0.4, 0.5) is 0 Å². The maximum absolute atomic E-state index is 12.7. The zero-order valence-electron chi connectivity index (χ0n) is 14.3. The molecule has 1 atom stereocenters. The van der Waals surface area contributed by atoms with Crippen LogP contribution in [0.1, 0.15) is 12.8 Å². The van der Waals surface area contributed by atoms with Gasteiger partial charge in [-0.2, -0.15) is 0 Å². The molecule has 1 unspecified atom stereocenters. The second-order valence-corrected chi connectivity index (χ2v) is 8.55. The Morgan fingerprint density at radius 2 is 1.96 bits per heavy atom. The Hall–Kier alpha value is -2.06. The highest BCUT2D eigenvalue weighted by Gasteiger charge is 2.32. The monoisotopic (exact) mass is 363 g/mol. The number of amides is 2. The van der Waals surface area contributed by atoms with Crippen molar-refractivity contribution in [2.45, 2.75) is 18.9 Å². The number of likely N-dealkylation sites (tertiary alicyclic amines) is 1. The number of piperidine rings is 1. The molecule has 0 spiro atoms. The van der Waals surface area contributed by atoms with E-state index in [1.807, 2.05) is 12.2 Å². The van der Waals surface area contributed by atoms with Gasteiger partial charge in [0, 0.05) is 26.2 Å². The van der Waals surface area contributed by atoms with Gasteiger partial charge in [0.15, 0.2) is 0 Å². The van der Waals surface area contributed by atoms with E-state index >= 15 is 0 Å². The molecule has 2 amide bonds. The predicted molar refractivity (Wildman–Crippen MR) is 94.5 cm³/mol. The van der Waals surface area contributed by atoms with E-state index in [2.05, 4.69) is 4.99 Å². The Labute approximate surface area is 147 Å². The van der Waals surface area contributed by atoms with Gasteiger partial charge in [0.2, 0.25) is 10.0 Å². The minimum atomic E-state index is -3.24. The topological polar surface area (TPSA) is 87.1 Å². The summed E-state index contributed by atoms with van der Waals surface area (Å²) in [6, 6.07) is -0.108. The van der Waals surface area contributed by atoms with Crippen LogP contribution < -0.4 is 0 Å². The van der Waals surface area contributed by atoms with E-state index in [4.69, 9.17) is 0 Å². The highest BCUT2D eigenvalue weighted by molar-refractivity contribution is 7.88. The first kappa shape index (κ1) is 17.8. The minimum absolute atomic E-state index is 0.108. The lowest BCUT2D eigenvalue weighted by Gasteiger charge is -2.35. The van der Waals surface area contributed by atoms with E-state index < -0.39 is 15.9 Å². The molecule has 8 heteroatoms. The largest absolute Gasteiger partial charge is 0.337 e. The Morgan fingerprint density at radius 1 is 1.28 bits per heavy atom. The van der Waals surface area contributed by atoms with Crippen LogP contribution in [-0.2, 0) is 19.6 Å². The van der Waals surface area contributed by atoms with Gasteiger partial charge in [-0.25, -0.2) is 17.7 Å². The van der Waals surface area contributed by atoms with Crippen molar-refractivity contribution in [1.82, 2.24) is 9.21 Å². The molecular weight excluding hydrogens is 342 g/mol. The van der Waals surface area contributed by atoms with E-state index in [0.29, 0.717) is 25.9 Å². The van der Waals surface area contributed by atoms with Crippen molar-refractivity contribution in [3.63, 3.8) is 0 Å². The average molecular weight is 363 g/mol. The van der Waals surface area contributed by atoms with E-state index in [9.17, 15) is 18.0 Å². The Balaban J connectivity index is 1.68. The number of hydrogen-bond acceptors (Lipinski definition) is 4. The summed E-state index contributed by atoms with van der Waals surface area (Å²) in [5.74, 6) is -0.994. The van der Waals surface area contributed by atoms with Crippen molar-refractivity contribution >= 4 is 27.5 Å². The van der Waals surface area contributed by atoms with Gasteiger partial charge in [-0.1, -0.05) is 24.3 Å². The maximum atomic E-state index is 12.7. The number of rotatable bonds is 3. The SMILES string of the molecule is CN(C1CCN(C(=O)C2=NC(=O)C3C=CC=CC3=C2)CC1)S(C)(=O)=O. The molecule has 0 saturated carbocycles. The standard InChI is InChI=1S/C17H21N3O4S/c1-19(25(2,23)24)13-7-9-20(10-8-13)17(22)15-11-12-5-3-4-6-14(12)16(21)18-15/h3-6,11,13-14H,7-10H2,1-2H3. The van der Waals surface area contributed by atoms with E-state index in [1.165, 1.54) is 10.6 Å². The highest BCUT2D eigenvalue weighted by Crippen LogP contribution is 2.25. The third-order valence-electron chi connectivity index (χ3n) is 4.87. The molecule has 0 aromatic heterocycles. The molecule has 25 heavy (non-hydrogen) atoms. The fourth-order valence-electron chi connectivity index (χ4n) is 3.27. The summed E-state index contributed by atoms with van der Waals surface area (Å²) in [5.41, 5.74) is 0.934. The predicted octanol–water partition coefficient (Wildman–Crippen LogP) is 0.519. The first-order valence-electron chi connectivity index (χ1n) is 8.18. The highest BCUT2D eigenvalue weighted by atomic mass is 32.2. The molecule has 3 rings (SSSR count). The normalized spacial score (nSPS) is 24.2. The number of hydrogen-bond donors (Lipinski definition) is 0. The molecule has 0 aromatic carbocycles. The number of dihydropyridines is 1. The lowest BCUT2D eigenvalue weighted by atomic mass is 9.90. The second-order valence-electron chi connectivity index (χ2n) is 6.50. The summed E-state index contributed by atoms with van der Waals surface area (Å²) < 4.78 is 24.6. The number of carbonyl (C=O) groups is 2. The average Bonchev–Trinajstić information content (AvgIpc) is 2.60. The van der Waals surface area contributed by atoms with Crippen molar-refractivity contribution in [2.24, 2.45) is 10.9 Å². The number of aliphatic imine (C=N–C) groups is 1. The summed E-state index contributed by atoms with van der Waals surface area (Å²) in [4.78, 5) is 30.4. The molecular formula is C17H21N3O4S. The second kappa shape index (κ2) is 6.68. The summed E-state index contributed by atoms with van der Waals surface area (Å²) in [6.07, 6.45) is 11.2. The number of fused-ring (bicyclic) bond motifs is 1. The number of carbonyl (C=O) groups excluding carboxylic acids is 2. The number of allylic oxidation sites excluding steroid dienone is 3. The van der Waals surface area contributed by atoms with Gasteiger partial charge in [-0.3, -0.25) is 9.59 Å². The van der Waals surface area contributed by atoms with Gasteiger partial charge < -0.3 is 4.90 Å². The van der Waals surface area contributed by atoms with Crippen molar-refractivity contribution in [2.75, 3.05) is 26.4 Å². The van der Waals surface area contributed by atoms with Gasteiger partial charge in [0.25, 0.3) is 11.8 Å². The van der Waals surface area contributed by atoms with Crippen molar-refractivity contribution in [3.05, 3.63) is 36.0 Å². The van der Waals surface area contributed by atoms with Crippen LogP contribution in [0, 0.1) is 5.92 Å². The van der Waals surface area contributed by atoms with Crippen LogP contribution >= 0.6 is 0 Å². The molecule has 2 heterocycles. The molecule has 1 fully saturated rings. The van der Waals surface area contributed by atoms with Crippen LogP contribution in [0.2, 0.25) is 0 Å². The van der Waals surface area contributed by atoms with Crippen LogP contribution in [0.3, 0.4) is 0 Å². The third-order valence-corrected chi connectivity index (χ3v) is 6.22. The fraction of sp³-hybridized carbons (Fsp3) is 0.471. The molecule has 2 aliphatic heterocycles. The zero-order chi connectivity index (χ0) is 18.2. The summed E-state index contributed by atoms with van der Waals surface area (Å²) in [6.45, 7) is 0.887. The van der Waals surface area contributed by atoms with Crippen molar-refractivity contribution < 1.29 is 18.0 Å². The third kappa shape index (κ3) is 3.64. The fourth-order valence-corrected chi connectivity index (χ4v) is 4.03. The van der Waals surface area contributed by atoms with E-state index in [-0.39, 0.29) is 23.6 Å². The molecule has 7 nitrogen and oxygen atoms in total. The molecule has 1 saturated heterocycles. The summed E-state index contributed by atoms with van der Waals surface area (Å²) in [7, 11) is -1.68. The molecule has 0 bridgehead atoms. The lowest BCUT2D eigenvalue weighted by Crippen LogP contribution is -2.48. The minimum Gasteiger partial charge on any atom is -0.337 e. The van der Waals surface area contributed by atoms with E-state index in [1.54, 1.807) is 30.2 Å². The zero-order valence-corrected chi connectivity index (χ0v) is 15.1. The quantitative estimate of drug-likeness (QED) is 0.731. The first-order valence-corrected chi connectivity index (χ1v) is 10.0. The van der Waals surface area contributed by atoms with Crippen LogP contribution in [0.25, 0.3) is 0 Å². The molecule has 3 aliphatic rings. The van der Waals surface area contributed by atoms with Crippen LogP contribution in [0.5, 0.6) is 0 Å². The van der Waals surface area contributed by atoms with Crippen LogP contribution in [-0.4, -0.2) is 67.6 Å². The number of nitrogens with zero attached hydrogens (tertiary/aromatic N) is 3. The Bertz CT molecular complexity index is 815. The van der Waals surface area contributed by atoms with Crippen LogP contribution in [0.15, 0.2) is 40.9 Å². The molecule has 0 N–H and O–H groups in total.